The highest BCUT2D eigenvalue weighted by atomic mass is 16.3. The van der Waals surface area contributed by atoms with Crippen molar-refractivity contribution in [2.75, 3.05) is 0 Å². The molecule has 0 aromatic carbocycles. The molecule has 0 spiro atoms. The first-order chi connectivity index (χ1) is 2.80. The first kappa shape index (κ1) is 4.09. The molecule has 1 fully saturated rings. The molecule has 0 aromatic rings. The summed E-state index contributed by atoms with van der Waals surface area (Å²) in [5.41, 5.74) is 5.05. The van der Waals surface area contributed by atoms with Gasteiger partial charge in [-0.3, -0.25) is 0 Å². The summed E-state index contributed by atoms with van der Waals surface area (Å²) < 4.78 is 0. The van der Waals surface area contributed by atoms with E-state index in [2.05, 4.69) is 0 Å². The number of hydrogen-bond acceptors (Lipinski definition) is 2. The van der Waals surface area contributed by atoms with Gasteiger partial charge in [0, 0.05) is 0 Å². The normalized spacial score (nSPS) is 27.0. The molecule has 0 aromatic heterocycles. The minimum absolute atomic E-state index is 0.435. The van der Waals surface area contributed by atoms with E-state index >= 15 is 0 Å². The number of rotatable bonds is 1. The molecule has 6 heavy (non-hydrogen) atoms. The first-order valence-corrected chi connectivity index (χ1v) is 2.24. The molecule has 0 heterocycles. The van der Waals surface area contributed by atoms with Crippen LogP contribution in [0.1, 0.15) is 12.8 Å². The summed E-state index contributed by atoms with van der Waals surface area (Å²) in [5.74, 6) is 0.435. The van der Waals surface area contributed by atoms with Crippen LogP contribution >= 0.6 is 0 Å². The third-order valence-corrected chi connectivity index (χ3v) is 1.10. The second kappa shape index (κ2) is 1.21. The molecule has 0 radical (unpaired) electrons. The van der Waals surface area contributed by atoms with Gasteiger partial charge in [0.2, 0.25) is 0 Å². The van der Waals surface area contributed by atoms with Crippen LogP contribution in [-0.2, 0) is 0 Å². The summed E-state index contributed by atoms with van der Waals surface area (Å²) in [7, 11) is 0. The molecule has 1 atom stereocenters. The molecule has 0 saturated heterocycles. The number of aliphatic hydroxyl groups excluding tert-OH is 1. The van der Waals surface area contributed by atoms with Crippen molar-refractivity contribution in [1.29, 1.82) is 0 Å². The van der Waals surface area contributed by atoms with Crippen molar-refractivity contribution >= 4 is 0 Å². The van der Waals surface area contributed by atoms with Gasteiger partial charge in [0.05, 0.1) is 0 Å². The van der Waals surface area contributed by atoms with E-state index in [0.717, 1.165) is 12.8 Å². The lowest BCUT2D eigenvalue weighted by Crippen LogP contribution is -2.20. The summed E-state index contributed by atoms with van der Waals surface area (Å²) in [6.45, 7) is 0. The van der Waals surface area contributed by atoms with E-state index in [9.17, 15) is 0 Å². The maximum absolute atomic E-state index is 8.47. The molecular formula is C4H9NO. The largest absolute Gasteiger partial charge is 0.379 e. The Morgan fingerprint density at radius 3 is 2.17 bits per heavy atom. The van der Waals surface area contributed by atoms with Crippen LogP contribution in [0.4, 0.5) is 0 Å². The van der Waals surface area contributed by atoms with Crippen LogP contribution in [0.25, 0.3) is 0 Å². The van der Waals surface area contributed by atoms with Crippen LogP contribution in [0.5, 0.6) is 0 Å². The van der Waals surface area contributed by atoms with Gasteiger partial charge in [-0.25, -0.2) is 0 Å². The lowest BCUT2D eigenvalue weighted by atomic mass is 10.4. The molecule has 36 valence electrons. The van der Waals surface area contributed by atoms with Gasteiger partial charge in [-0.1, -0.05) is 0 Å². The average molecular weight is 87.1 g/mol. The summed E-state index contributed by atoms with van der Waals surface area (Å²) in [6, 6.07) is 0. The van der Waals surface area contributed by atoms with E-state index in [1.54, 1.807) is 0 Å². The standard InChI is InChI=1S/C4H9NO/c5-4(6)3-1-2-3/h3-4,6H,1-2,5H2. The lowest BCUT2D eigenvalue weighted by molar-refractivity contribution is 0.159. The van der Waals surface area contributed by atoms with Gasteiger partial charge in [-0.15, -0.1) is 0 Å². The van der Waals surface area contributed by atoms with Gasteiger partial charge in [-0.05, 0) is 18.8 Å². The maximum Gasteiger partial charge on any atom is 0.105 e. The van der Waals surface area contributed by atoms with Gasteiger partial charge in [0.15, 0.2) is 0 Å². The molecule has 1 unspecified atom stereocenters. The zero-order valence-electron chi connectivity index (χ0n) is 3.59. The van der Waals surface area contributed by atoms with Crippen molar-refractivity contribution in [3.05, 3.63) is 0 Å². The van der Waals surface area contributed by atoms with Crippen molar-refractivity contribution in [2.24, 2.45) is 11.7 Å². The Morgan fingerprint density at radius 2 is 2.17 bits per heavy atom. The van der Waals surface area contributed by atoms with Gasteiger partial charge >= 0.3 is 0 Å². The zero-order chi connectivity index (χ0) is 4.57. The van der Waals surface area contributed by atoms with Gasteiger partial charge < -0.3 is 10.8 Å². The molecule has 1 aliphatic rings. The summed E-state index contributed by atoms with van der Waals surface area (Å²) >= 11 is 0. The Bertz CT molecular complexity index is 49.5. The number of aliphatic hydroxyl groups is 1. The maximum atomic E-state index is 8.47. The van der Waals surface area contributed by atoms with Crippen LogP contribution < -0.4 is 5.73 Å². The molecule has 3 N–H and O–H groups in total. The van der Waals surface area contributed by atoms with Crippen LogP contribution in [0.15, 0.2) is 0 Å². The molecule has 0 bridgehead atoms. The van der Waals surface area contributed by atoms with E-state index < -0.39 is 6.23 Å². The first-order valence-electron chi connectivity index (χ1n) is 2.24. The Labute approximate surface area is 37.0 Å². The van der Waals surface area contributed by atoms with E-state index in [1.807, 2.05) is 0 Å². The minimum atomic E-state index is -0.537. The van der Waals surface area contributed by atoms with Crippen LogP contribution in [-0.4, -0.2) is 11.3 Å². The average Bonchev–Trinajstić information content (AvgIpc) is 2.06. The topological polar surface area (TPSA) is 46.2 Å². The number of nitrogens with two attached hydrogens (primary N) is 1. The molecular weight excluding hydrogens is 78.0 g/mol. The fourth-order valence-electron chi connectivity index (χ4n) is 0.438. The molecule has 2 heteroatoms. The molecule has 1 aliphatic carbocycles. The van der Waals surface area contributed by atoms with Crippen LogP contribution in [0.3, 0.4) is 0 Å². The predicted octanol–water partition coefficient (Wildman–Crippen LogP) is -0.327. The zero-order valence-corrected chi connectivity index (χ0v) is 3.59. The van der Waals surface area contributed by atoms with Gasteiger partial charge in [0.25, 0.3) is 0 Å². The Morgan fingerprint density at radius 1 is 1.67 bits per heavy atom. The quantitative estimate of drug-likeness (QED) is 0.430. The van der Waals surface area contributed by atoms with Crippen molar-refractivity contribution in [1.82, 2.24) is 0 Å². The highest BCUT2D eigenvalue weighted by Crippen LogP contribution is 2.29. The van der Waals surface area contributed by atoms with Crippen LogP contribution in [0, 0.1) is 5.92 Å². The van der Waals surface area contributed by atoms with Gasteiger partial charge in [-0.2, -0.15) is 0 Å². The molecule has 0 aliphatic heterocycles. The summed E-state index contributed by atoms with van der Waals surface area (Å²) in [5, 5.41) is 8.47. The highest BCUT2D eigenvalue weighted by Gasteiger charge is 2.26. The fraction of sp³-hybridized carbons (Fsp3) is 1.00. The lowest BCUT2D eigenvalue weighted by Gasteiger charge is -1.94. The molecule has 0 amide bonds. The second-order valence-corrected chi connectivity index (χ2v) is 1.83. The molecule has 2 nitrogen and oxygen atoms in total. The smallest absolute Gasteiger partial charge is 0.105 e. The van der Waals surface area contributed by atoms with Crippen molar-refractivity contribution < 1.29 is 5.11 Å². The summed E-state index contributed by atoms with van der Waals surface area (Å²) in [4.78, 5) is 0. The van der Waals surface area contributed by atoms with E-state index in [0.29, 0.717) is 5.92 Å². The third kappa shape index (κ3) is 0.698. The van der Waals surface area contributed by atoms with E-state index in [-0.39, 0.29) is 0 Å². The van der Waals surface area contributed by atoms with Crippen LogP contribution in [0.2, 0.25) is 0 Å². The highest BCUT2D eigenvalue weighted by molar-refractivity contribution is 4.76. The number of hydrogen-bond donors (Lipinski definition) is 2. The Balaban J connectivity index is 2.13. The third-order valence-electron chi connectivity index (χ3n) is 1.10. The van der Waals surface area contributed by atoms with E-state index in [1.165, 1.54) is 0 Å². The SMILES string of the molecule is NC(O)C1CC1. The van der Waals surface area contributed by atoms with Gasteiger partial charge in [0.1, 0.15) is 6.23 Å². The summed E-state index contributed by atoms with van der Waals surface area (Å²) in [6.07, 6.45) is 1.71. The minimum Gasteiger partial charge on any atom is -0.379 e. The second-order valence-electron chi connectivity index (χ2n) is 1.83. The Hall–Kier alpha value is -0.0800. The van der Waals surface area contributed by atoms with E-state index in [4.69, 9.17) is 10.8 Å². The van der Waals surface area contributed by atoms with Crippen molar-refractivity contribution in [3.8, 4) is 0 Å². The Kier molecular flexibility index (Phi) is 0.821. The monoisotopic (exact) mass is 87.1 g/mol. The molecule has 1 saturated carbocycles. The van der Waals surface area contributed by atoms with Crippen molar-refractivity contribution in [3.63, 3.8) is 0 Å². The fourth-order valence-corrected chi connectivity index (χ4v) is 0.438. The van der Waals surface area contributed by atoms with Crippen molar-refractivity contribution in [2.45, 2.75) is 19.1 Å². The predicted molar refractivity (Wildman–Crippen MR) is 22.9 cm³/mol. The molecule has 1 rings (SSSR count).